The molecule has 1 aromatic heterocycles. The predicted octanol–water partition coefficient (Wildman–Crippen LogP) is 4.73. The fraction of sp³-hybridized carbons (Fsp3) is 0.412. The smallest absolute Gasteiger partial charge is 0.227 e. The van der Waals surface area contributed by atoms with E-state index < -0.39 is 0 Å². The Labute approximate surface area is 137 Å². The van der Waals surface area contributed by atoms with Crippen LogP contribution >= 0.6 is 11.6 Å². The number of hydrogen-bond donors (Lipinski definition) is 1. The van der Waals surface area contributed by atoms with Crippen LogP contribution in [0.15, 0.2) is 24.3 Å². The van der Waals surface area contributed by atoms with Gasteiger partial charge in [0, 0.05) is 36.1 Å². The number of aryl methyl sites for hydroxylation is 2. The van der Waals surface area contributed by atoms with Gasteiger partial charge in [0.15, 0.2) is 0 Å². The molecular formula is C17H23ClN4. The van der Waals surface area contributed by atoms with Crippen LogP contribution in [0.3, 0.4) is 0 Å². The average molecular weight is 319 g/mol. The third-order valence-corrected chi connectivity index (χ3v) is 3.73. The molecule has 0 radical (unpaired) electrons. The molecule has 0 bridgehead atoms. The van der Waals surface area contributed by atoms with Gasteiger partial charge in [-0.25, -0.2) is 4.98 Å². The molecule has 0 atom stereocenters. The first-order chi connectivity index (χ1) is 10.5. The first-order valence-electron chi connectivity index (χ1n) is 7.59. The minimum Gasteiger partial charge on any atom is -0.344 e. The van der Waals surface area contributed by atoms with E-state index in [1.165, 1.54) is 0 Å². The Morgan fingerprint density at radius 2 is 1.95 bits per heavy atom. The van der Waals surface area contributed by atoms with Gasteiger partial charge in [0.2, 0.25) is 5.95 Å². The van der Waals surface area contributed by atoms with E-state index in [9.17, 15) is 0 Å². The van der Waals surface area contributed by atoms with E-state index in [2.05, 4.69) is 27.1 Å². The molecule has 2 aromatic rings. The van der Waals surface area contributed by atoms with E-state index in [0.717, 1.165) is 48.1 Å². The van der Waals surface area contributed by atoms with Crippen molar-refractivity contribution in [1.29, 1.82) is 0 Å². The first kappa shape index (κ1) is 16.6. The Bertz CT molecular complexity index is 643. The molecule has 1 aromatic carbocycles. The summed E-state index contributed by atoms with van der Waals surface area (Å²) in [6.07, 6.45) is 2.28. The van der Waals surface area contributed by atoms with Crippen molar-refractivity contribution < 1.29 is 0 Å². The zero-order valence-electron chi connectivity index (χ0n) is 13.7. The normalized spacial score (nSPS) is 10.6. The Hall–Kier alpha value is -1.81. The molecule has 2 rings (SSSR count). The second kappa shape index (κ2) is 7.45. The summed E-state index contributed by atoms with van der Waals surface area (Å²) in [6.45, 7) is 7.16. The lowest BCUT2D eigenvalue weighted by atomic mass is 10.2. The van der Waals surface area contributed by atoms with E-state index in [1.807, 2.05) is 45.2 Å². The number of nitrogens with one attached hydrogen (secondary N) is 1. The van der Waals surface area contributed by atoms with E-state index >= 15 is 0 Å². The highest BCUT2D eigenvalue weighted by Crippen LogP contribution is 2.24. The summed E-state index contributed by atoms with van der Waals surface area (Å²) in [5.74, 6) is 1.53. The average Bonchev–Trinajstić information content (AvgIpc) is 2.48. The number of unbranched alkanes of at least 4 members (excludes halogenated alkanes) is 1. The van der Waals surface area contributed by atoms with Crippen molar-refractivity contribution in [3.8, 4) is 0 Å². The highest BCUT2D eigenvalue weighted by molar-refractivity contribution is 6.30. The van der Waals surface area contributed by atoms with E-state index in [-0.39, 0.29) is 0 Å². The van der Waals surface area contributed by atoms with Crippen LogP contribution in [-0.4, -0.2) is 23.6 Å². The number of hydrogen-bond acceptors (Lipinski definition) is 4. The van der Waals surface area contributed by atoms with Crippen LogP contribution in [0.25, 0.3) is 0 Å². The molecule has 0 aliphatic rings. The summed E-state index contributed by atoms with van der Waals surface area (Å²) >= 11 is 6.07. The van der Waals surface area contributed by atoms with Gasteiger partial charge in [-0.05, 0) is 38.0 Å². The van der Waals surface area contributed by atoms with Crippen LogP contribution in [0, 0.1) is 13.8 Å². The molecular weight excluding hydrogens is 296 g/mol. The quantitative estimate of drug-likeness (QED) is 0.836. The predicted molar refractivity (Wildman–Crippen MR) is 94.4 cm³/mol. The van der Waals surface area contributed by atoms with Crippen LogP contribution in [0.4, 0.5) is 17.5 Å². The van der Waals surface area contributed by atoms with Crippen LogP contribution in [0.2, 0.25) is 5.02 Å². The minimum absolute atomic E-state index is 0.708. The van der Waals surface area contributed by atoms with Gasteiger partial charge in [0.25, 0.3) is 0 Å². The molecule has 0 fully saturated rings. The lowest BCUT2D eigenvalue weighted by molar-refractivity contribution is 0.749. The van der Waals surface area contributed by atoms with E-state index in [1.54, 1.807) is 0 Å². The highest BCUT2D eigenvalue weighted by Gasteiger charge is 2.08. The summed E-state index contributed by atoms with van der Waals surface area (Å²) in [6, 6.07) is 7.73. The van der Waals surface area contributed by atoms with Crippen molar-refractivity contribution in [2.24, 2.45) is 0 Å². The van der Waals surface area contributed by atoms with E-state index in [4.69, 9.17) is 11.6 Å². The lowest BCUT2D eigenvalue weighted by Gasteiger charge is -2.18. The van der Waals surface area contributed by atoms with E-state index in [0.29, 0.717) is 5.02 Å². The van der Waals surface area contributed by atoms with Crippen molar-refractivity contribution in [2.45, 2.75) is 33.6 Å². The molecule has 0 saturated carbocycles. The SMILES string of the molecule is CCCCN(C)c1nc(C)cc(Nc2cc(Cl)ccc2C)n1. The molecule has 5 heteroatoms. The second-order valence-electron chi connectivity index (χ2n) is 5.55. The second-order valence-corrected chi connectivity index (χ2v) is 5.99. The van der Waals surface area contributed by atoms with Crippen molar-refractivity contribution in [1.82, 2.24) is 9.97 Å². The monoisotopic (exact) mass is 318 g/mol. The highest BCUT2D eigenvalue weighted by atomic mass is 35.5. The molecule has 0 aliphatic carbocycles. The Morgan fingerprint density at radius 3 is 2.68 bits per heavy atom. The fourth-order valence-electron chi connectivity index (χ4n) is 2.15. The topological polar surface area (TPSA) is 41.1 Å². The molecule has 1 heterocycles. The number of benzene rings is 1. The fourth-order valence-corrected chi connectivity index (χ4v) is 2.32. The van der Waals surface area contributed by atoms with Gasteiger partial charge in [-0.15, -0.1) is 0 Å². The van der Waals surface area contributed by atoms with Crippen LogP contribution < -0.4 is 10.2 Å². The lowest BCUT2D eigenvalue weighted by Crippen LogP contribution is -2.21. The van der Waals surface area contributed by atoms with Crippen LogP contribution in [0.5, 0.6) is 0 Å². The zero-order chi connectivity index (χ0) is 16.1. The van der Waals surface area contributed by atoms with Gasteiger partial charge in [0.1, 0.15) is 5.82 Å². The number of nitrogens with zero attached hydrogens (tertiary/aromatic N) is 3. The largest absolute Gasteiger partial charge is 0.344 e. The first-order valence-corrected chi connectivity index (χ1v) is 7.97. The Balaban J connectivity index is 2.24. The minimum atomic E-state index is 0.708. The van der Waals surface area contributed by atoms with Gasteiger partial charge in [-0.1, -0.05) is 31.0 Å². The number of rotatable bonds is 6. The summed E-state index contributed by atoms with van der Waals surface area (Å²) in [5, 5.41) is 4.05. The van der Waals surface area contributed by atoms with Gasteiger partial charge < -0.3 is 10.2 Å². The van der Waals surface area contributed by atoms with Crippen molar-refractivity contribution in [3.05, 3.63) is 40.5 Å². The third kappa shape index (κ3) is 4.34. The molecule has 1 N–H and O–H groups in total. The van der Waals surface area contributed by atoms with Gasteiger partial charge >= 0.3 is 0 Å². The van der Waals surface area contributed by atoms with Crippen molar-refractivity contribution in [2.75, 3.05) is 23.8 Å². The van der Waals surface area contributed by atoms with Gasteiger partial charge in [0.05, 0.1) is 0 Å². The standard InChI is InChI=1S/C17H23ClN4/c1-5-6-9-22(4)17-19-13(3)10-16(21-17)20-15-11-14(18)8-7-12(15)2/h7-8,10-11H,5-6,9H2,1-4H3,(H,19,20,21). The molecule has 0 amide bonds. The molecule has 22 heavy (non-hydrogen) atoms. The summed E-state index contributed by atoms with van der Waals surface area (Å²) < 4.78 is 0. The summed E-state index contributed by atoms with van der Waals surface area (Å²) in [7, 11) is 2.03. The van der Waals surface area contributed by atoms with Crippen LogP contribution in [0.1, 0.15) is 31.0 Å². The molecule has 0 aliphatic heterocycles. The molecule has 4 nitrogen and oxygen atoms in total. The molecule has 0 spiro atoms. The van der Waals surface area contributed by atoms with Crippen molar-refractivity contribution in [3.63, 3.8) is 0 Å². The van der Waals surface area contributed by atoms with Gasteiger partial charge in [-0.3, -0.25) is 0 Å². The van der Waals surface area contributed by atoms with Crippen molar-refractivity contribution >= 4 is 29.1 Å². The maximum Gasteiger partial charge on any atom is 0.227 e. The Kier molecular flexibility index (Phi) is 5.61. The third-order valence-electron chi connectivity index (χ3n) is 3.49. The number of aromatic nitrogens is 2. The molecule has 0 saturated heterocycles. The van der Waals surface area contributed by atoms with Gasteiger partial charge in [-0.2, -0.15) is 4.98 Å². The maximum absolute atomic E-state index is 6.07. The maximum atomic E-state index is 6.07. The summed E-state index contributed by atoms with van der Waals surface area (Å²) in [5.41, 5.74) is 3.03. The number of anilines is 3. The zero-order valence-corrected chi connectivity index (χ0v) is 14.4. The molecule has 118 valence electrons. The van der Waals surface area contributed by atoms with Crippen LogP contribution in [-0.2, 0) is 0 Å². The summed E-state index contributed by atoms with van der Waals surface area (Å²) in [4.78, 5) is 11.2. The molecule has 0 unspecified atom stereocenters. The Morgan fingerprint density at radius 1 is 1.18 bits per heavy atom. The number of halogens is 1.